The third-order valence-electron chi connectivity index (χ3n) is 3.21. The Hall–Kier alpha value is -1.30. The molecular weight excluding hydrogens is 240 g/mol. The second kappa shape index (κ2) is 7.20. The van der Waals surface area contributed by atoms with Crippen LogP contribution >= 0.6 is 0 Å². The van der Waals surface area contributed by atoms with Crippen molar-refractivity contribution < 1.29 is 29.2 Å². The summed E-state index contributed by atoms with van der Waals surface area (Å²) in [6.07, 6.45) is 4.66. The summed E-state index contributed by atoms with van der Waals surface area (Å²) in [5.41, 5.74) is -0.466. The van der Waals surface area contributed by atoms with Crippen molar-refractivity contribution in [1.29, 1.82) is 0 Å². The lowest BCUT2D eigenvalue weighted by Gasteiger charge is -2.34. The van der Waals surface area contributed by atoms with E-state index >= 15 is 0 Å². The molecule has 0 aliphatic heterocycles. The summed E-state index contributed by atoms with van der Waals surface area (Å²) in [5, 5.41) is 8.25. The Morgan fingerprint density at radius 3 is 2.44 bits per heavy atom. The minimum Gasteiger partial charge on any atom is -0.449 e. The maximum absolute atomic E-state index is 11.0. The van der Waals surface area contributed by atoms with Crippen LogP contribution in [0.5, 0.6) is 0 Å². The van der Waals surface area contributed by atoms with Crippen molar-refractivity contribution >= 4 is 12.3 Å². The van der Waals surface area contributed by atoms with Gasteiger partial charge in [-0.3, -0.25) is 4.89 Å². The van der Waals surface area contributed by atoms with Gasteiger partial charge in [-0.05, 0) is 19.3 Å². The van der Waals surface area contributed by atoms with Gasteiger partial charge < -0.3 is 9.84 Å². The Kier molecular flexibility index (Phi) is 5.91. The van der Waals surface area contributed by atoms with Crippen molar-refractivity contribution in [1.82, 2.24) is 0 Å². The van der Waals surface area contributed by atoms with E-state index in [2.05, 4.69) is 16.5 Å². The minimum atomic E-state index is -1.70. The fourth-order valence-electron chi connectivity index (χ4n) is 2.28. The molecule has 0 aromatic rings. The molecule has 0 spiro atoms. The molecule has 0 unspecified atom stereocenters. The molecule has 1 aliphatic carbocycles. The summed E-state index contributed by atoms with van der Waals surface area (Å²) >= 11 is 0. The summed E-state index contributed by atoms with van der Waals surface area (Å²) in [4.78, 5) is 30.7. The molecule has 6 nitrogen and oxygen atoms in total. The quantitative estimate of drug-likeness (QED) is 0.351. The number of hydrogen-bond acceptors (Lipinski definition) is 5. The smallest absolute Gasteiger partial charge is 0.449 e. The third-order valence-corrected chi connectivity index (χ3v) is 3.21. The average Bonchev–Trinajstić information content (AvgIpc) is 2.35. The first-order valence-corrected chi connectivity index (χ1v) is 6.38. The molecule has 6 heteroatoms. The summed E-state index contributed by atoms with van der Waals surface area (Å²) < 4.78 is 3.82. The van der Waals surface area contributed by atoms with Gasteiger partial charge in [0.15, 0.2) is 0 Å². The number of hydrogen-bond donors (Lipinski definition) is 1. The van der Waals surface area contributed by atoms with E-state index in [-0.39, 0.29) is 0 Å². The van der Waals surface area contributed by atoms with Crippen LogP contribution in [0.3, 0.4) is 0 Å². The van der Waals surface area contributed by atoms with Gasteiger partial charge in [0.25, 0.3) is 0 Å². The van der Waals surface area contributed by atoms with E-state index in [0.29, 0.717) is 0 Å². The topological polar surface area (TPSA) is 82.1 Å². The molecule has 0 bridgehead atoms. The molecule has 0 heterocycles. The molecule has 1 fully saturated rings. The molecule has 0 atom stereocenters. The zero-order valence-corrected chi connectivity index (χ0v) is 10.6. The van der Waals surface area contributed by atoms with E-state index in [9.17, 15) is 9.59 Å². The van der Waals surface area contributed by atoms with Crippen molar-refractivity contribution in [3.05, 3.63) is 0 Å². The maximum Gasteiger partial charge on any atom is 0.550 e. The van der Waals surface area contributed by atoms with Crippen molar-refractivity contribution in [3.63, 3.8) is 0 Å². The van der Waals surface area contributed by atoms with Gasteiger partial charge in [0.2, 0.25) is 0 Å². The van der Waals surface area contributed by atoms with E-state index in [1.54, 1.807) is 0 Å². The van der Waals surface area contributed by atoms with Gasteiger partial charge >= 0.3 is 12.3 Å². The first-order valence-electron chi connectivity index (χ1n) is 6.38. The Labute approximate surface area is 106 Å². The van der Waals surface area contributed by atoms with Crippen LogP contribution in [-0.2, 0) is 14.5 Å². The van der Waals surface area contributed by atoms with Crippen LogP contribution in [0.1, 0.15) is 58.3 Å². The first-order chi connectivity index (χ1) is 8.58. The molecule has 18 heavy (non-hydrogen) atoms. The van der Waals surface area contributed by atoms with Crippen LogP contribution in [0.25, 0.3) is 0 Å². The van der Waals surface area contributed by atoms with Gasteiger partial charge in [-0.1, -0.05) is 39.0 Å². The number of carbonyl (C=O) groups is 2. The number of carboxylic acid groups (broad SMARTS) is 1. The standard InChI is InChI=1S/C12H20O6/c1-2-3-7-12(8-5-4-6-9-12)18-17-11(15)16-10(13)14/h2-9H2,1H3,(H,13,14). The molecule has 1 saturated carbocycles. The van der Waals surface area contributed by atoms with E-state index in [4.69, 9.17) is 9.99 Å². The maximum atomic E-state index is 11.0. The molecular formula is C12H20O6. The van der Waals surface area contributed by atoms with Crippen LogP contribution in [0.4, 0.5) is 9.59 Å². The van der Waals surface area contributed by atoms with Gasteiger partial charge in [-0.15, -0.1) is 0 Å². The zero-order chi connectivity index (χ0) is 13.4. The van der Waals surface area contributed by atoms with Gasteiger partial charge in [-0.25, -0.2) is 9.59 Å². The Morgan fingerprint density at radius 2 is 1.89 bits per heavy atom. The number of carbonyl (C=O) groups excluding carboxylic acids is 1. The summed E-state index contributed by atoms with van der Waals surface area (Å²) in [5.74, 6) is 0. The summed E-state index contributed by atoms with van der Waals surface area (Å²) in [6.45, 7) is 2.08. The Bertz CT molecular complexity index is 282. The Morgan fingerprint density at radius 1 is 1.22 bits per heavy atom. The third kappa shape index (κ3) is 4.91. The fraction of sp³-hybridized carbons (Fsp3) is 0.833. The molecule has 0 saturated heterocycles. The average molecular weight is 260 g/mol. The van der Waals surface area contributed by atoms with E-state index in [1.165, 1.54) is 0 Å². The molecule has 0 aromatic heterocycles. The van der Waals surface area contributed by atoms with Gasteiger partial charge in [0, 0.05) is 0 Å². The highest BCUT2D eigenvalue weighted by atomic mass is 17.2. The number of rotatable bonds is 5. The second-order valence-corrected chi connectivity index (χ2v) is 4.63. The van der Waals surface area contributed by atoms with E-state index < -0.39 is 17.9 Å². The van der Waals surface area contributed by atoms with E-state index in [1.807, 2.05) is 0 Å². The van der Waals surface area contributed by atoms with Crippen molar-refractivity contribution in [2.24, 2.45) is 0 Å². The van der Waals surface area contributed by atoms with Crippen LogP contribution in [0.2, 0.25) is 0 Å². The largest absolute Gasteiger partial charge is 0.550 e. The Balaban J connectivity index is 2.45. The van der Waals surface area contributed by atoms with Gasteiger partial charge in [0.1, 0.15) is 5.60 Å². The molecule has 1 N–H and O–H groups in total. The second-order valence-electron chi connectivity index (χ2n) is 4.63. The molecule has 1 rings (SSSR count). The molecule has 0 amide bonds. The monoisotopic (exact) mass is 260 g/mol. The van der Waals surface area contributed by atoms with Crippen molar-refractivity contribution in [2.45, 2.75) is 63.9 Å². The van der Waals surface area contributed by atoms with Crippen LogP contribution in [0, 0.1) is 0 Å². The molecule has 1 aliphatic rings. The predicted molar refractivity (Wildman–Crippen MR) is 62.0 cm³/mol. The summed E-state index contributed by atoms with van der Waals surface area (Å²) in [6, 6.07) is 0. The van der Waals surface area contributed by atoms with Crippen molar-refractivity contribution in [3.8, 4) is 0 Å². The lowest BCUT2D eigenvalue weighted by Crippen LogP contribution is -2.36. The summed E-state index contributed by atoms with van der Waals surface area (Å²) in [7, 11) is 0. The van der Waals surface area contributed by atoms with Gasteiger partial charge in [-0.2, -0.15) is 4.89 Å². The van der Waals surface area contributed by atoms with Crippen LogP contribution < -0.4 is 0 Å². The first kappa shape index (κ1) is 14.8. The number of ether oxygens (including phenoxy) is 1. The predicted octanol–water partition coefficient (Wildman–Crippen LogP) is 3.64. The SMILES string of the molecule is CCCCC1(OOC(=O)OC(=O)O)CCCCC1. The molecule has 0 radical (unpaired) electrons. The molecule has 104 valence electrons. The van der Waals surface area contributed by atoms with Crippen molar-refractivity contribution in [2.75, 3.05) is 0 Å². The molecule has 0 aromatic carbocycles. The highest BCUT2D eigenvalue weighted by molar-refractivity contribution is 5.75. The highest BCUT2D eigenvalue weighted by Crippen LogP contribution is 2.36. The fourth-order valence-corrected chi connectivity index (χ4v) is 2.28. The lowest BCUT2D eigenvalue weighted by atomic mass is 9.81. The lowest BCUT2D eigenvalue weighted by molar-refractivity contribution is -0.333. The minimum absolute atomic E-state index is 0.466. The van der Waals surface area contributed by atoms with E-state index in [0.717, 1.165) is 51.4 Å². The normalized spacial score (nSPS) is 18.1. The van der Waals surface area contributed by atoms with Crippen LogP contribution in [-0.4, -0.2) is 23.0 Å². The highest BCUT2D eigenvalue weighted by Gasteiger charge is 2.35. The number of unbranched alkanes of at least 4 members (excludes halogenated alkanes) is 1. The van der Waals surface area contributed by atoms with Crippen LogP contribution in [0.15, 0.2) is 0 Å². The zero-order valence-electron chi connectivity index (χ0n) is 10.6. The van der Waals surface area contributed by atoms with Gasteiger partial charge in [0.05, 0.1) is 0 Å².